The number of nitrogens with zero attached hydrogens (tertiary/aromatic N) is 1. The Hall–Kier alpha value is -1.78. The van der Waals surface area contributed by atoms with Gasteiger partial charge in [-0.2, -0.15) is 0 Å². The van der Waals surface area contributed by atoms with Crippen LogP contribution >= 0.6 is 0 Å². The fraction of sp³-hybridized carbons (Fsp3) is 0.600. The Morgan fingerprint density at radius 2 is 1.06 bits per heavy atom. The smallest absolute Gasteiger partial charge is 0.430 e. The minimum Gasteiger partial charge on any atom is -0.430 e. The van der Waals surface area contributed by atoms with E-state index in [9.17, 15) is 0 Å². The fourth-order valence-corrected chi connectivity index (χ4v) is 5.17. The van der Waals surface area contributed by atoms with Gasteiger partial charge in [-0.15, -0.1) is 0 Å². The van der Waals surface area contributed by atoms with Crippen LogP contribution in [0.15, 0.2) is 36.4 Å². The molecule has 0 aliphatic heterocycles. The molecular weight excluding hydrogens is 417 g/mol. The van der Waals surface area contributed by atoms with Crippen molar-refractivity contribution in [2.24, 2.45) is 0 Å². The van der Waals surface area contributed by atoms with Crippen LogP contribution < -0.4 is 0 Å². The predicted molar refractivity (Wildman–Crippen MR) is 151 cm³/mol. The van der Waals surface area contributed by atoms with Gasteiger partial charge < -0.3 is 14.6 Å². The maximum atomic E-state index is 7.12. The first-order valence-electron chi connectivity index (χ1n) is 13.8. The van der Waals surface area contributed by atoms with E-state index < -0.39 is 7.69 Å². The lowest BCUT2D eigenvalue weighted by molar-refractivity contribution is 0.448. The van der Waals surface area contributed by atoms with Crippen LogP contribution in [0.2, 0.25) is 0 Å². The molecule has 3 nitrogen and oxygen atoms in total. The molecule has 34 heavy (non-hydrogen) atoms. The summed E-state index contributed by atoms with van der Waals surface area (Å²) in [7, 11) is -0.750. The molecule has 0 fully saturated rings. The number of fused-ring (bicyclic) bond motifs is 3. The maximum absolute atomic E-state index is 7.12. The van der Waals surface area contributed by atoms with Crippen molar-refractivity contribution in [2.45, 2.75) is 117 Å². The third-order valence-corrected chi connectivity index (χ3v) is 7.03. The van der Waals surface area contributed by atoms with Crippen LogP contribution in [-0.2, 0) is 0 Å². The molecule has 0 aliphatic rings. The Morgan fingerprint density at radius 1 is 0.676 bits per heavy atom. The van der Waals surface area contributed by atoms with Gasteiger partial charge in [-0.25, -0.2) is 0 Å². The van der Waals surface area contributed by atoms with E-state index in [1.54, 1.807) is 0 Å². The molecule has 1 heterocycles. The summed E-state index contributed by atoms with van der Waals surface area (Å²) in [5.41, 5.74) is 5.50. The summed E-state index contributed by atoms with van der Waals surface area (Å²) in [4.78, 5) is 0. The van der Waals surface area contributed by atoms with Crippen LogP contribution in [-0.4, -0.2) is 22.3 Å². The minimum absolute atomic E-state index is 0.550. The average Bonchev–Trinajstić information content (AvgIpc) is 3.13. The van der Waals surface area contributed by atoms with E-state index in [1.807, 2.05) is 0 Å². The summed E-state index contributed by atoms with van der Waals surface area (Å²) in [5, 5.41) is 17.1. The molecule has 0 spiro atoms. The molecule has 0 radical (unpaired) electrons. The quantitative estimate of drug-likeness (QED) is 0.186. The van der Waals surface area contributed by atoms with Crippen molar-refractivity contribution in [1.82, 2.24) is 4.57 Å². The molecule has 3 aromatic rings. The highest BCUT2D eigenvalue weighted by atomic mass is 16.4. The lowest BCUT2D eigenvalue weighted by Gasteiger charge is -2.17. The standard InChI is InChI=1S/C30H45N.BH3O2/c1-5-6-7-8-9-10-11-12-13-14-15-16-17-26(4)31-29-20-18-24(2)22-27(29)28-23-25(3)19-21-30(28)31;2-1-3/h18-23,26H,5-17H2,1-4H3;1-3H. The number of benzene rings is 2. The topological polar surface area (TPSA) is 45.4 Å². The van der Waals surface area contributed by atoms with Crippen molar-refractivity contribution in [3.05, 3.63) is 47.5 Å². The highest BCUT2D eigenvalue weighted by molar-refractivity contribution is 6.13. The third-order valence-electron chi connectivity index (χ3n) is 7.03. The van der Waals surface area contributed by atoms with E-state index in [4.69, 9.17) is 10.0 Å². The molecule has 0 saturated carbocycles. The zero-order valence-corrected chi connectivity index (χ0v) is 22.3. The Labute approximate surface area is 208 Å². The molecule has 1 atom stereocenters. The Kier molecular flexibility index (Phi) is 13.4. The second kappa shape index (κ2) is 16.0. The first-order chi connectivity index (χ1) is 16.5. The van der Waals surface area contributed by atoms with Crippen LogP contribution in [0.5, 0.6) is 0 Å². The van der Waals surface area contributed by atoms with Crippen molar-refractivity contribution < 1.29 is 10.0 Å². The number of hydrogen-bond acceptors (Lipinski definition) is 2. The minimum atomic E-state index is -0.750. The summed E-state index contributed by atoms with van der Waals surface area (Å²) in [6.45, 7) is 9.12. The van der Waals surface area contributed by atoms with Gasteiger partial charge in [0, 0.05) is 27.8 Å². The number of aryl methyl sites for hydroxylation is 2. The Bertz CT molecular complexity index is 906. The van der Waals surface area contributed by atoms with Crippen molar-refractivity contribution in [1.29, 1.82) is 0 Å². The lowest BCUT2D eigenvalue weighted by Crippen LogP contribution is -2.04. The van der Waals surface area contributed by atoms with E-state index in [0.717, 1.165) is 0 Å². The summed E-state index contributed by atoms with van der Waals surface area (Å²) in [6.07, 6.45) is 18.3. The lowest BCUT2D eigenvalue weighted by atomic mass is 10.0. The maximum Gasteiger partial charge on any atom is 0.432 e. The van der Waals surface area contributed by atoms with Crippen LogP contribution in [0.25, 0.3) is 21.8 Å². The Morgan fingerprint density at radius 3 is 1.47 bits per heavy atom. The second-order valence-electron chi connectivity index (χ2n) is 10.1. The van der Waals surface area contributed by atoms with Crippen molar-refractivity contribution in [3.63, 3.8) is 0 Å². The van der Waals surface area contributed by atoms with Gasteiger partial charge in [-0.1, -0.05) is 107 Å². The summed E-state index contributed by atoms with van der Waals surface area (Å²) in [5.74, 6) is 0. The van der Waals surface area contributed by atoms with Gasteiger partial charge in [0.1, 0.15) is 0 Å². The molecule has 188 valence electrons. The zero-order valence-electron chi connectivity index (χ0n) is 22.3. The number of aromatic nitrogens is 1. The van der Waals surface area contributed by atoms with Gasteiger partial charge in [0.15, 0.2) is 0 Å². The van der Waals surface area contributed by atoms with Gasteiger partial charge in [0.25, 0.3) is 0 Å². The second-order valence-corrected chi connectivity index (χ2v) is 10.1. The molecule has 1 aromatic heterocycles. The molecule has 0 aliphatic carbocycles. The average molecular weight is 466 g/mol. The normalized spacial score (nSPS) is 12.1. The third kappa shape index (κ3) is 8.78. The molecule has 2 N–H and O–H groups in total. The van der Waals surface area contributed by atoms with Gasteiger partial charge >= 0.3 is 7.69 Å². The summed E-state index contributed by atoms with van der Waals surface area (Å²) < 4.78 is 2.60. The van der Waals surface area contributed by atoms with E-state index in [-0.39, 0.29) is 0 Å². The number of unbranched alkanes of at least 4 members (excludes halogenated alkanes) is 11. The zero-order chi connectivity index (χ0) is 24.8. The van der Waals surface area contributed by atoms with Gasteiger partial charge in [0.2, 0.25) is 0 Å². The van der Waals surface area contributed by atoms with Crippen LogP contribution in [0.1, 0.15) is 114 Å². The highest BCUT2D eigenvalue weighted by Crippen LogP contribution is 2.34. The first-order valence-corrected chi connectivity index (χ1v) is 13.8. The van der Waals surface area contributed by atoms with Gasteiger partial charge in [0.05, 0.1) is 0 Å². The number of rotatable bonds is 14. The molecule has 1 unspecified atom stereocenters. The van der Waals surface area contributed by atoms with E-state index in [0.29, 0.717) is 6.04 Å². The van der Waals surface area contributed by atoms with Crippen LogP contribution in [0.4, 0.5) is 0 Å². The van der Waals surface area contributed by atoms with Crippen LogP contribution in [0.3, 0.4) is 0 Å². The van der Waals surface area contributed by atoms with Gasteiger partial charge in [-0.05, 0) is 51.5 Å². The molecular formula is C30H48BNO2. The van der Waals surface area contributed by atoms with Crippen LogP contribution in [0, 0.1) is 13.8 Å². The van der Waals surface area contributed by atoms with Crippen molar-refractivity contribution >= 4 is 29.5 Å². The summed E-state index contributed by atoms with van der Waals surface area (Å²) >= 11 is 0. The summed E-state index contributed by atoms with van der Waals surface area (Å²) in [6, 6.07) is 14.5. The molecule has 2 aromatic carbocycles. The largest absolute Gasteiger partial charge is 0.432 e. The van der Waals surface area contributed by atoms with E-state index in [2.05, 4.69) is 68.7 Å². The molecule has 0 bridgehead atoms. The molecule has 3 rings (SSSR count). The van der Waals surface area contributed by atoms with E-state index in [1.165, 1.54) is 116 Å². The predicted octanol–water partition coefficient (Wildman–Crippen LogP) is 8.30. The van der Waals surface area contributed by atoms with Gasteiger partial charge in [-0.3, -0.25) is 0 Å². The fourth-order valence-electron chi connectivity index (χ4n) is 5.17. The van der Waals surface area contributed by atoms with Crippen molar-refractivity contribution in [2.75, 3.05) is 0 Å². The molecule has 0 amide bonds. The Balaban J connectivity index is 0.00000129. The monoisotopic (exact) mass is 465 g/mol. The highest BCUT2D eigenvalue weighted by Gasteiger charge is 2.15. The first kappa shape index (κ1) is 28.5. The van der Waals surface area contributed by atoms with Crippen molar-refractivity contribution in [3.8, 4) is 0 Å². The SMILES string of the molecule is CCCCCCCCCCCCCCC(C)n1c2ccc(C)cc2c2cc(C)ccc21.OBO. The van der Waals surface area contributed by atoms with E-state index >= 15 is 0 Å². The molecule has 0 saturated heterocycles. The molecule has 4 heteroatoms. The number of hydrogen-bond donors (Lipinski definition) is 2.